The Balaban J connectivity index is 2.27. The molecule has 0 saturated heterocycles. The molecule has 0 amide bonds. The maximum absolute atomic E-state index is 2.30. The first-order valence-electron chi connectivity index (χ1n) is 8.87. The number of aryl methyl sites for hydroxylation is 2. The Morgan fingerprint density at radius 2 is 0.920 bits per heavy atom. The number of hydrogen-bond acceptors (Lipinski definition) is 7. The van der Waals surface area contributed by atoms with Gasteiger partial charge in [-0.3, -0.25) is 0 Å². The van der Waals surface area contributed by atoms with Crippen molar-refractivity contribution in [3.05, 3.63) is 9.75 Å². The molecule has 0 unspecified atom stereocenters. The van der Waals surface area contributed by atoms with Gasteiger partial charge in [0.1, 0.15) is 0 Å². The van der Waals surface area contributed by atoms with Crippen molar-refractivity contribution in [1.29, 1.82) is 0 Å². The molecule has 0 radical (unpaired) electrons. The summed E-state index contributed by atoms with van der Waals surface area (Å²) in [5.41, 5.74) is 0. The lowest BCUT2D eigenvalue weighted by Gasteiger charge is -2.07. The van der Waals surface area contributed by atoms with E-state index in [0.717, 1.165) is 0 Å². The molecule has 1 aromatic heterocycles. The zero-order valence-corrected chi connectivity index (χ0v) is 21.6. The molecule has 0 aromatic carbocycles. The van der Waals surface area contributed by atoms with Gasteiger partial charge in [-0.25, -0.2) is 0 Å². The molecule has 0 bridgehead atoms. The second-order valence-electron chi connectivity index (χ2n) is 5.19. The summed E-state index contributed by atoms with van der Waals surface area (Å²) < 4.78 is 0. The largest absolute Gasteiger partial charge is 0.161 e. The molecule has 0 aliphatic carbocycles. The van der Waals surface area contributed by atoms with E-state index in [1.54, 1.807) is 9.79 Å². The van der Waals surface area contributed by atoms with E-state index in [-0.39, 0.29) is 0 Å². The highest BCUT2D eigenvalue weighted by Gasteiger charge is 2.14. The van der Waals surface area contributed by atoms with Crippen molar-refractivity contribution in [3.8, 4) is 0 Å². The van der Waals surface area contributed by atoms with Crippen molar-refractivity contribution < 1.29 is 0 Å². The Morgan fingerprint density at radius 3 is 1.32 bits per heavy atom. The standard InChI is InChI=1S/C18H32S7/c1-5-19-7-9-21-11-13-23-17-15(3)25-16(4)18(17)24-14-12-22-10-8-20-6-2/h5-14H2,1-4H3. The maximum Gasteiger partial charge on any atom is 0.0348 e. The molecule has 25 heavy (non-hydrogen) atoms. The smallest absolute Gasteiger partial charge is 0.0348 e. The lowest BCUT2D eigenvalue weighted by Crippen LogP contribution is -1.92. The van der Waals surface area contributed by atoms with Crippen LogP contribution in [0.15, 0.2) is 9.79 Å². The second-order valence-corrected chi connectivity index (χ2v) is 14.1. The van der Waals surface area contributed by atoms with Crippen LogP contribution in [0.25, 0.3) is 0 Å². The van der Waals surface area contributed by atoms with E-state index in [9.17, 15) is 0 Å². The predicted octanol–water partition coefficient (Wildman–Crippen LogP) is 7.52. The molecule has 0 N–H and O–H groups in total. The Hall–Kier alpha value is 1.80. The zero-order valence-electron chi connectivity index (χ0n) is 15.9. The van der Waals surface area contributed by atoms with Crippen LogP contribution in [0, 0.1) is 13.8 Å². The van der Waals surface area contributed by atoms with Gasteiger partial charge in [-0.15, -0.1) is 34.9 Å². The minimum Gasteiger partial charge on any atom is -0.161 e. The Labute approximate surface area is 185 Å². The Morgan fingerprint density at radius 1 is 0.560 bits per heavy atom. The van der Waals surface area contributed by atoms with E-state index in [1.165, 1.54) is 67.3 Å². The van der Waals surface area contributed by atoms with Gasteiger partial charge in [-0.2, -0.15) is 47.0 Å². The fourth-order valence-corrected chi connectivity index (χ4v) is 9.91. The van der Waals surface area contributed by atoms with Gasteiger partial charge >= 0.3 is 0 Å². The molecule has 0 saturated carbocycles. The van der Waals surface area contributed by atoms with E-state index in [2.05, 4.69) is 98.3 Å². The summed E-state index contributed by atoms with van der Waals surface area (Å²) >= 11 is 14.5. The first kappa shape index (κ1) is 24.8. The van der Waals surface area contributed by atoms with Crippen LogP contribution in [-0.4, -0.2) is 57.5 Å². The normalized spacial score (nSPS) is 11.4. The van der Waals surface area contributed by atoms with Gasteiger partial charge in [0.2, 0.25) is 0 Å². The minimum atomic E-state index is 1.25. The second kappa shape index (κ2) is 16.7. The molecule has 0 atom stereocenters. The first-order valence-corrected chi connectivity index (χ1v) is 16.3. The average molecular weight is 473 g/mol. The maximum atomic E-state index is 2.30. The van der Waals surface area contributed by atoms with Crippen LogP contribution in [0.1, 0.15) is 23.6 Å². The summed E-state index contributed by atoms with van der Waals surface area (Å²) in [7, 11) is 0. The van der Waals surface area contributed by atoms with Crippen molar-refractivity contribution in [1.82, 2.24) is 0 Å². The van der Waals surface area contributed by atoms with Gasteiger partial charge in [0.15, 0.2) is 0 Å². The summed E-state index contributed by atoms with van der Waals surface area (Å²) in [6, 6.07) is 0. The molecule has 0 spiro atoms. The third kappa shape index (κ3) is 11.4. The van der Waals surface area contributed by atoms with Crippen molar-refractivity contribution in [2.75, 3.05) is 57.5 Å². The lowest BCUT2D eigenvalue weighted by molar-refractivity contribution is 1.22. The van der Waals surface area contributed by atoms with Gasteiger partial charge in [0.05, 0.1) is 0 Å². The molecule has 1 rings (SSSR count). The van der Waals surface area contributed by atoms with Crippen molar-refractivity contribution in [3.63, 3.8) is 0 Å². The highest BCUT2D eigenvalue weighted by molar-refractivity contribution is 8.06. The SMILES string of the molecule is CCSCCSCCSc1c(C)sc(C)c1SCCSCCSCC. The summed E-state index contributed by atoms with van der Waals surface area (Å²) in [5, 5.41) is 0. The molecular formula is C18H32S7. The quantitative estimate of drug-likeness (QED) is 0.179. The van der Waals surface area contributed by atoms with Crippen molar-refractivity contribution in [2.45, 2.75) is 37.5 Å². The summed E-state index contributed by atoms with van der Waals surface area (Å²) in [6.45, 7) is 9.08. The highest BCUT2D eigenvalue weighted by Crippen LogP contribution is 2.41. The summed E-state index contributed by atoms with van der Waals surface area (Å²) in [6.07, 6.45) is 0. The molecule has 0 aliphatic heterocycles. The third-order valence-corrected chi connectivity index (χ3v) is 11.9. The monoisotopic (exact) mass is 472 g/mol. The van der Waals surface area contributed by atoms with E-state index >= 15 is 0 Å². The molecule has 0 fully saturated rings. The number of hydrogen-bond donors (Lipinski definition) is 0. The topological polar surface area (TPSA) is 0 Å². The van der Waals surface area contributed by atoms with E-state index < -0.39 is 0 Å². The van der Waals surface area contributed by atoms with Gasteiger partial charge < -0.3 is 0 Å². The van der Waals surface area contributed by atoms with E-state index in [0.29, 0.717) is 0 Å². The molecule has 7 heteroatoms. The number of rotatable bonds is 16. The van der Waals surface area contributed by atoms with Crippen LogP contribution in [0.2, 0.25) is 0 Å². The molecule has 1 aromatic rings. The number of thiophene rings is 1. The lowest BCUT2D eigenvalue weighted by atomic mass is 10.4. The molecule has 1 heterocycles. The molecular weight excluding hydrogens is 441 g/mol. The van der Waals surface area contributed by atoms with Gasteiger partial charge in [-0.1, -0.05) is 13.8 Å². The van der Waals surface area contributed by atoms with E-state index in [1.807, 2.05) is 11.3 Å². The van der Waals surface area contributed by atoms with Gasteiger partial charge in [0.25, 0.3) is 0 Å². The minimum absolute atomic E-state index is 1.25. The van der Waals surface area contributed by atoms with E-state index in [4.69, 9.17) is 0 Å². The van der Waals surface area contributed by atoms with Crippen LogP contribution in [0.5, 0.6) is 0 Å². The number of thioether (sulfide) groups is 6. The Kier molecular flexibility index (Phi) is 16.6. The summed E-state index contributed by atoms with van der Waals surface area (Å²) in [4.78, 5) is 6.18. The van der Waals surface area contributed by atoms with Crippen LogP contribution in [0.3, 0.4) is 0 Å². The van der Waals surface area contributed by atoms with Gasteiger partial charge in [0, 0.05) is 65.6 Å². The fourth-order valence-electron chi connectivity index (χ4n) is 2.11. The van der Waals surface area contributed by atoms with Crippen LogP contribution in [-0.2, 0) is 0 Å². The average Bonchev–Trinajstić information content (AvgIpc) is 2.86. The highest BCUT2D eigenvalue weighted by atomic mass is 32.2. The van der Waals surface area contributed by atoms with Crippen LogP contribution in [0.4, 0.5) is 0 Å². The fraction of sp³-hybridized carbons (Fsp3) is 0.778. The predicted molar refractivity (Wildman–Crippen MR) is 136 cm³/mol. The van der Waals surface area contributed by atoms with Crippen molar-refractivity contribution in [2.24, 2.45) is 0 Å². The van der Waals surface area contributed by atoms with Crippen LogP contribution >= 0.6 is 81.9 Å². The van der Waals surface area contributed by atoms with Gasteiger partial charge in [-0.05, 0) is 25.4 Å². The first-order chi connectivity index (χ1) is 12.2. The zero-order chi connectivity index (χ0) is 18.3. The molecule has 146 valence electrons. The molecule has 0 nitrogen and oxygen atoms in total. The summed E-state index contributed by atoms with van der Waals surface area (Å²) in [5.74, 6) is 12.8. The Bertz CT molecular complexity index is 406. The van der Waals surface area contributed by atoms with Crippen LogP contribution < -0.4 is 0 Å². The van der Waals surface area contributed by atoms with Crippen molar-refractivity contribution >= 4 is 81.9 Å². The third-order valence-electron chi connectivity index (χ3n) is 3.25. The molecule has 0 aliphatic rings.